The molecule has 0 aliphatic carbocycles. The minimum Gasteiger partial charge on any atom is -0.258 e. The van der Waals surface area contributed by atoms with Crippen LogP contribution in [0.2, 0.25) is 0 Å². The number of nitrogens with zero attached hydrogens (tertiary/aromatic N) is 2. The first-order valence-corrected chi connectivity index (χ1v) is 12.8. The minimum atomic E-state index is -5.34. The molecule has 1 aromatic rings. The van der Waals surface area contributed by atoms with Gasteiger partial charge in [0.1, 0.15) is 0 Å². The molecule has 1 rings (SSSR count). The van der Waals surface area contributed by atoms with Gasteiger partial charge in [-0.15, -0.1) is 0 Å². The summed E-state index contributed by atoms with van der Waals surface area (Å²) >= 11 is 1.99. The number of benzene rings is 1. The smallest absolute Gasteiger partial charge is 0.258 e. The predicted molar refractivity (Wildman–Crippen MR) is 81.9 cm³/mol. The maximum absolute atomic E-state index is 11.6. The first-order chi connectivity index (χ1) is 10.5. The molecule has 0 aliphatic rings. The van der Waals surface area contributed by atoms with Crippen LogP contribution in [0.4, 0.5) is 11.4 Å². The lowest BCUT2D eigenvalue weighted by atomic mass is 10.3. The van der Waals surface area contributed by atoms with Crippen molar-refractivity contribution in [2.24, 2.45) is 0 Å². The Balaban J connectivity index is 4.55. The summed E-state index contributed by atoms with van der Waals surface area (Å²) in [5, 5.41) is 22.1. The highest BCUT2D eigenvalue weighted by atomic mass is 79.9. The molecule has 0 spiro atoms. The van der Waals surface area contributed by atoms with Crippen LogP contribution in [-0.2, 0) is 26.4 Å². The first-order valence-electron chi connectivity index (χ1n) is 4.83. The Morgan fingerprint density at radius 2 is 1.21 bits per heavy atom. The molecule has 1 aromatic carbocycles. The van der Waals surface area contributed by atoms with Gasteiger partial charge in [-0.25, -0.2) is 25.3 Å². The standard InChI is InChI=1S/C6HBrCl2N2O10S3/c7-22(16,17)2-1-3(23(8,18)19)5(11(14)15)6(24(9,20)21)4(2)10(12)13/h1H. The van der Waals surface area contributed by atoms with Gasteiger partial charge in [-0.3, -0.25) is 20.2 Å². The van der Waals surface area contributed by atoms with Crippen molar-refractivity contribution in [3.8, 4) is 0 Å². The van der Waals surface area contributed by atoms with Crippen molar-refractivity contribution < 1.29 is 35.1 Å². The van der Waals surface area contributed by atoms with E-state index in [1.54, 1.807) is 0 Å². The Hall–Kier alpha value is -1.07. The van der Waals surface area contributed by atoms with Crippen molar-refractivity contribution in [2.45, 2.75) is 14.7 Å². The highest BCUT2D eigenvalue weighted by molar-refractivity contribution is 9.47. The van der Waals surface area contributed by atoms with E-state index in [4.69, 9.17) is 21.4 Å². The molecule has 0 unspecified atom stereocenters. The van der Waals surface area contributed by atoms with E-state index in [1.807, 2.05) is 14.8 Å². The molecular formula is C6HBrCl2N2O10S3. The molecular weight excluding hydrogens is 507 g/mol. The van der Waals surface area contributed by atoms with Crippen molar-refractivity contribution in [1.29, 1.82) is 0 Å². The van der Waals surface area contributed by atoms with E-state index >= 15 is 0 Å². The Morgan fingerprint density at radius 1 is 0.833 bits per heavy atom. The van der Waals surface area contributed by atoms with Crippen LogP contribution in [0.25, 0.3) is 0 Å². The molecule has 134 valence electrons. The fraction of sp³-hybridized carbons (Fsp3) is 0. The van der Waals surface area contributed by atoms with Gasteiger partial charge in [0.05, 0.1) is 24.7 Å². The summed E-state index contributed by atoms with van der Waals surface area (Å²) in [6, 6.07) is -0.0196. The number of nitro groups is 2. The van der Waals surface area contributed by atoms with Gasteiger partial charge in [-0.1, -0.05) is 0 Å². The Bertz CT molecular complexity index is 1010. The second kappa shape index (κ2) is 6.34. The summed E-state index contributed by atoms with van der Waals surface area (Å²) in [6.07, 6.45) is 0. The van der Waals surface area contributed by atoms with Crippen LogP contribution in [0.1, 0.15) is 0 Å². The topological polar surface area (TPSA) is 189 Å². The largest absolute Gasteiger partial charge is 0.316 e. The van der Waals surface area contributed by atoms with Crippen molar-refractivity contribution in [3.63, 3.8) is 0 Å². The van der Waals surface area contributed by atoms with Crippen LogP contribution in [0.5, 0.6) is 0 Å². The zero-order chi connectivity index (χ0) is 19.2. The quantitative estimate of drug-likeness (QED) is 0.320. The van der Waals surface area contributed by atoms with Gasteiger partial charge in [0.25, 0.3) is 18.1 Å². The molecule has 0 N–H and O–H groups in total. The SMILES string of the molecule is O=[N+]([O-])c1c(S(=O)(=O)Cl)cc(S(=O)(=O)Br)c([N+](=O)[O-])c1S(=O)(=O)Cl. The Labute approximate surface area is 149 Å². The maximum atomic E-state index is 11.6. The van der Waals surface area contributed by atoms with E-state index in [0.29, 0.717) is 0 Å². The van der Waals surface area contributed by atoms with Crippen LogP contribution in [-0.4, -0.2) is 35.1 Å². The lowest BCUT2D eigenvalue weighted by Gasteiger charge is -2.08. The molecule has 18 heteroatoms. The molecule has 0 bridgehead atoms. The molecule has 0 saturated heterocycles. The van der Waals surface area contributed by atoms with E-state index in [9.17, 15) is 45.5 Å². The highest BCUT2D eigenvalue weighted by Gasteiger charge is 2.45. The van der Waals surface area contributed by atoms with Crippen LogP contribution < -0.4 is 0 Å². The monoisotopic (exact) mass is 506 g/mol. The predicted octanol–water partition coefficient (Wildman–Crippen LogP) is 1.44. The molecule has 0 saturated carbocycles. The normalized spacial score (nSPS) is 12.8. The Kier molecular flexibility index (Phi) is 5.54. The van der Waals surface area contributed by atoms with Crippen LogP contribution in [0.3, 0.4) is 0 Å². The summed E-state index contributed by atoms with van der Waals surface area (Å²) in [5.74, 6) is 0. The molecule has 0 atom stereocenters. The zero-order valence-electron chi connectivity index (χ0n) is 10.4. The lowest BCUT2D eigenvalue weighted by Crippen LogP contribution is -2.12. The fourth-order valence-corrected chi connectivity index (χ4v) is 5.44. The molecule has 0 radical (unpaired) electrons. The van der Waals surface area contributed by atoms with Gasteiger partial charge in [0, 0.05) is 21.4 Å². The average Bonchev–Trinajstić information content (AvgIpc) is 2.32. The van der Waals surface area contributed by atoms with E-state index in [2.05, 4.69) is 0 Å². The van der Waals surface area contributed by atoms with E-state index in [0.717, 1.165) is 0 Å². The number of hydrogen-bond acceptors (Lipinski definition) is 10. The third-order valence-corrected chi connectivity index (χ3v) is 6.85. The first kappa shape index (κ1) is 21.0. The van der Waals surface area contributed by atoms with E-state index in [1.165, 1.54) is 0 Å². The van der Waals surface area contributed by atoms with Crippen molar-refractivity contribution in [3.05, 3.63) is 26.3 Å². The summed E-state index contributed by atoms with van der Waals surface area (Å²) in [6.45, 7) is 0. The van der Waals surface area contributed by atoms with Crippen LogP contribution in [0, 0.1) is 20.2 Å². The van der Waals surface area contributed by atoms with Gasteiger partial charge in [0.15, 0.2) is 9.79 Å². The van der Waals surface area contributed by atoms with Gasteiger partial charge in [-0.05, 0) is 6.07 Å². The molecule has 0 fully saturated rings. The van der Waals surface area contributed by atoms with Crippen LogP contribution >= 0.6 is 36.2 Å². The number of halogens is 3. The third kappa shape index (κ3) is 4.12. The number of hydrogen-bond donors (Lipinski definition) is 0. The van der Waals surface area contributed by atoms with E-state index in [-0.39, 0.29) is 6.07 Å². The fourth-order valence-electron chi connectivity index (χ4n) is 1.54. The third-order valence-electron chi connectivity index (χ3n) is 2.29. The van der Waals surface area contributed by atoms with Gasteiger partial charge in [-0.2, -0.15) is 0 Å². The maximum Gasteiger partial charge on any atom is 0.316 e. The molecule has 12 nitrogen and oxygen atoms in total. The molecule has 0 aromatic heterocycles. The molecule has 0 aliphatic heterocycles. The van der Waals surface area contributed by atoms with Gasteiger partial charge < -0.3 is 0 Å². The van der Waals surface area contributed by atoms with Crippen LogP contribution in [0.15, 0.2) is 20.8 Å². The van der Waals surface area contributed by atoms with Crippen molar-refractivity contribution in [1.82, 2.24) is 0 Å². The highest BCUT2D eigenvalue weighted by Crippen LogP contribution is 2.45. The molecule has 24 heavy (non-hydrogen) atoms. The number of rotatable bonds is 5. The van der Waals surface area contributed by atoms with Gasteiger partial charge in [0.2, 0.25) is 13.2 Å². The second-order valence-corrected chi connectivity index (χ2v) is 12.6. The molecule has 0 heterocycles. The lowest BCUT2D eigenvalue weighted by molar-refractivity contribution is -0.403. The Morgan fingerprint density at radius 3 is 1.46 bits per heavy atom. The minimum absolute atomic E-state index is 0.0196. The average molecular weight is 508 g/mol. The summed E-state index contributed by atoms with van der Waals surface area (Å²) in [7, 11) is -5.36. The van der Waals surface area contributed by atoms with Crippen molar-refractivity contribution in [2.75, 3.05) is 0 Å². The van der Waals surface area contributed by atoms with Crippen molar-refractivity contribution >= 4 is 73.9 Å². The number of nitro benzene ring substituents is 2. The second-order valence-electron chi connectivity index (χ2n) is 3.73. The van der Waals surface area contributed by atoms with Gasteiger partial charge >= 0.3 is 11.4 Å². The summed E-state index contributed by atoms with van der Waals surface area (Å²) in [4.78, 5) is 13.9. The molecule has 0 amide bonds. The summed E-state index contributed by atoms with van der Waals surface area (Å²) < 4.78 is 69.1. The summed E-state index contributed by atoms with van der Waals surface area (Å²) in [5.41, 5.74) is -3.66. The zero-order valence-corrected chi connectivity index (χ0v) is 16.0. The van der Waals surface area contributed by atoms with E-state index < -0.39 is 62.3 Å².